The molecule has 1 aromatic carbocycles. The standard InChI is InChI=1S/C13H18N2O2S2/c1-13(2)11(14-16)15(12(18)19-13)8-9-6-4-5-7-10(9)17-3/h4-7,11,14,16H,8H2,1-3H3/t11-/m0/s1. The van der Waals surface area contributed by atoms with Crippen molar-refractivity contribution in [3.8, 4) is 5.75 Å². The van der Waals surface area contributed by atoms with Crippen molar-refractivity contribution in [1.29, 1.82) is 0 Å². The summed E-state index contributed by atoms with van der Waals surface area (Å²) in [5.41, 5.74) is 3.42. The van der Waals surface area contributed by atoms with Crippen molar-refractivity contribution < 1.29 is 9.94 Å². The summed E-state index contributed by atoms with van der Waals surface area (Å²) in [5.74, 6) is 0.830. The fraction of sp³-hybridized carbons (Fsp3) is 0.462. The lowest BCUT2D eigenvalue weighted by atomic mass is 10.1. The van der Waals surface area contributed by atoms with E-state index in [0.717, 1.165) is 15.6 Å². The van der Waals surface area contributed by atoms with Gasteiger partial charge < -0.3 is 14.8 Å². The summed E-state index contributed by atoms with van der Waals surface area (Å²) < 4.78 is 5.96. The van der Waals surface area contributed by atoms with Gasteiger partial charge in [-0.1, -0.05) is 42.2 Å². The van der Waals surface area contributed by atoms with Crippen LogP contribution in [0.4, 0.5) is 0 Å². The zero-order chi connectivity index (χ0) is 14.0. The molecule has 0 amide bonds. The predicted octanol–water partition coefficient (Wildman–Crippen LogP) is 2.61. The first kappa shape index (κ1) is 14.6. The Morgan fingerprint density at radius 2 is 2.16 bits per heavy atom. The Bertz CT molecular complexity index is 479. The number of benzene rings is 1. The average Bonchev–Trinajstić information content (AvgIpc) is 2.59. The monoisotopic (exact) mass is 298 g/mol. The number of methoxy groups -OCH3 is 1. The number of hydrogen-bond donors (Lipinski definition) is 2. The lowest BCUT2D eigenvalue weighted by Gasteiger charge is -2.30. The largest absolute Gasteiger partial charge is 0.496 e. The lowest BCUT2D eigenvalue weighted by molar-refractivity contribution is 0.0540. The van der Waals surface area contributed by atoms with Crippen LogP contribution in [-0.4, -0.2) is 32.5 Å². The van der Waals surface area contributed by atoms with E-state index < -0.39 is 0 Å². The van der Waals surface area contributed by atoms with E-state index in [1.807, 2.05) is 29.2 Å². The van der Waals surface area contributed by atoms with E-state index in [1.165, 1.54) is 0 Å². The molecule has 0 aliphatic carbocycles. The fourth-order valence-electron chi connectivity index (χ4n) is 2.22. The summed E-state index contributed by atoms with van der Waals surface area (Å²) in [6, 6.07) is 7.84. The molecular formula is C13H18N2O2S2. The van der Waals surface area contributed by atoms with Crippen LogP contribution in [0.2, 0.25) is 0 Å². The number of thiocarbonyl (C=S) groups is 1. The summed E-state index contributed by atoms with van der Waals surface area (Å²) in [6.07, 6.45) is -0.213. The zero-order valence-electron chi connectivity index (χ0n) is 11.2. The molecule has 1 aromatic rings. The number of ether oxygens (including phenoxy) is 1. The first-order chi connectivity index (χ1) is 8.99. The third kappa shape index (κ3) is 2.86. The van der Waals surface area contributed by atoms with Gasteiger partial charge in [-0.3, -0.25) is 0 Å². The summed E-state index contributed by atoms with van der Waals surface area (Å²) in [7, 11) is 1.65. The van der Waals surface area contributed by atoms with Crippen molar-refractivity contribution in [2.45, 2.75) is 31.3 Å². The number of hydroxylamine groups is 1. The summed E-state index contributed by atoms with van der Waals surface area (Å²) in [4.78, 5) is 1.98. The highest BCUT2D eigenvalue weighted by Gasteiger charge is 2.44. The van der Waals surface area contributed by atoms with Crippen LogP contribution >= 0.6 is 24.0 Å². The molecule has 0 aromatic heterocycles. The van der Waals surface area contributed by atoms with Crippen LogP contribution in [0.25, 0.3) is 0 Å². The lowest BCUT2D eigenvalue weighted by Crippen LogP contribution is -2.49. The SMILES string of the molecule is COc1ccccc1CN1C(=S)SC(C)(C)[C@H]1NO. The molecule has 19 heavy (non-hydrogen) atoms. The Labute approximate surface area is 123 Å². The first-order valence-electron chi connectivity index (χ1n) is 6.00. The van der Waals surface area contributed by atoms with Crippen LogP contribution in [0, 0.1) is 0 Å². The molecule has 1 heterocycles. The van der Waals surface area contributed by atoms with E-state index in [1.54, 1.807) is 18.9 Å². The second-order valence-electron chi connectivity index (χ2n) is 4.94. The third-order valence-corrected chi connectivity index (χ3v) is 4.85. The van der Waals surface area contributed by atoms with Crippen molar-refractivity contribution >= 4 is 28.3 Å². The smallest absolute Gasteiger partial charge is 0.138 e. The van der Waals surface area contributed by atoms with Gasteiger partial charge in [0, 0.05) is 12.1 Å². The Balaban J connectivity index is 2.25. The highest BCUT2D eigenvalue weighted by atomic mass is 32.2. The van der Waals surface area contributed by atoms with Gasteiger partial charge in [0.05, 0.1) is 11.9 Å². The highest BCUT2D eigenvalue weighted by Crippen LogP contribution is 2.41. The van der Waals surface area contributed by atoms with Crippen molar-refractivity contribution in [3.63, 3.8) is 0 Å². The van der Waals surface area contributed by atoms with Gasteiger partial charge >= 0.3 is 0 Å². The van der Waals surface area contributed by atoms with Crippen molar-refractivity contribution in [1.82, 2.24) is 10.4 Å². The van der Waals surface area contributed by atoms with Crippen LogP contribution in [0.3, 0.4) is 0 Å². The van der Waals surface area contributed by atoms with E-state index in [2.05, 4.69) is 19.3 Å². The number of hydrogen-bond acceptors (Lipinski definition) is 5. The molecule has 104 valence electrons. The number of nitrogens with zero attached hydrogens (tertiary/aromatic N) is 1. The highest BCUT2D eigenvalue weighted by molar-refractivity contribution is 8.24. The molecule has 0 saturated carbocycles. The van der Waals surface area contributed by atoms with E-state index >= 15 is 0 Å². The second kappa shape index (κ2) is 5.66. The zero-order valence-corrected chi connectivity index (χ0v) is 12.8. The molecule has 2 N–H and O–H groups in total. The molecule has 0 spiro atoms. The molecule has 1 saturated heterocycles. The van der Waals surface area contributed by atoms with E-state index in [4.69, 9.17) is 17.0 Å². The maximum absolute atomic E-state index is 9.40. The minimum absolute atomic E-state index is 0.173. The molecule has 1 aliphatic heterocycles. The number of nitrogens with one attached hydrogen (secondary N) is 1. The van der Waals surface area contributed by atoms with Crippen LogP contribution in [0.1, 0.15) is 19.4 Å². The molecule has 2 rings (SSSR count). The minimum Gasteiger partial charge on any atom is -0.496 e. The van der Waals surface area contributed by atoms with Gasteiger partial charge in [-0.15, -0.1) is 0 Å². The van der Waals surface area contributed by atoms with E-state index in [-0.39, 0.29) is 10.9 Å². The van der Waals surface area contributed by atoms with Crippen molar-refractivity contribution in [3.05, 3.63) is 29.8 Å². The van der Waals surface area contributed by atoms with Crippen LogP contribution < -0.4 is 10.2 Å². The Morgan fingerprint density at radius 1 is 1.47 bits per heavy atom. The predicted molar refractivity (Wildman–Crippen MR) is 81.5 cm³/mol. The first-order valence-corrected chi connectivity index (χ1v) is 7.23. The maximum Gasteiger partial charge on any atom is 0.138 e. The van der Waals surface area contributed by atoms with Gasteiger partial charge in [0.25, 0.3) is 0 Å². The van der Waals surface area contributed by atoms with Crippen molar-refractivity contribution in [2.24, 2.45) is 0 Å². The molecule has 1 fully saturated rings. The molecule has 0 unspecified atom stereocenters. The summed E-state index contributed by atoms with van der Waals surface area (Å²) >= 11 is 7.00. The van der Waals surface area contributed by atoms with Crippen molar-refractivity contribution in [2.75, 3.05) is 7.11 Å². The molecule has 1 aliphatic rings. The van der Waals surface area contributed by atoms with Crippen LogP contribution in [0.5, 0.6) is 5.75 Å². The summed E-state index contributed by atoms with van der Waals surface area (Å²) in [5, 5.41) is 9.40. The molecule has 0 bridgehead atoms. The molecule has 6 heteroatoms. The van der Waals surface area contributed by atoms with Gasteiger partial charge in [-0.05, 0) is 19.9 Å². The molecule has 0 radical (unpaired) electrons. The van der Waals surface area contributed by atoms with E-state index in [9.17, 15) is 5.21 Å². The van der Waals surface area contributed by atoms with Crippen LogP contribution in [0.15, 0.2) is 24.3 Å². The van der Waals surface area contributed by atoms with Gasteiger partial charge in [0.15, 0.2) is 0 Å². The normalized spacial score (nSPS) is 21.8. The Hall–Kier alpha value is -0.820. The molecule has 1 atom stereocenters. The van der Waals surface area contributed by atoms with E-state index in [0.29, 0.717) is 6.54 Å². The van der Waals surface area contributed by atoms with Gasteiger partial charge in [-0.2, -0.15) is 5.48 Å². The number of rotatable bonds is 4. The molecular weight excluding hydrogens is 280 g/mol. The van der Waals surface area contributed by atoms with Gasteiger partial charge in [0.2, 0.25) is 0 Å². The van der Waals surface area contributed by atoms with Gasteiger partial charge in [-0.25, -0.2) is 0 Å². The average molecular weight is 298 g/mol. The minimum atomic E-state index is -0.213. The number of thioether (sulfide) groups is 1. The number of para-hydroxylation sites is 1. The quantitative estimate of drug-likeness (QED) is 0.658. The third-order valence-electron chi connectivity index (χ3n) is 3.21. The van der Waals surface area contributed by atoms with Gasteiger partial charge in [0.1, 0.15) is 16.2 Å². The van der Waals surface area contributed by atoms with Crippen LogP contribution in [-0.2, 0) is 6.54 Å². The summed E-state index contributed by atoms with van der Waals surface area (Å²) in [6.45, 7) is 4.72. The maximum atomic E-state index is 9.40. The fourth-order valence-corrected chi connectivity index (χ4v) is 4.06. The Morgan fingerprint density at radius 3 is 2.79 bits per heavy atom. The molecule has 4 nitrogen and oxygen atoms in total. The second-order valence-corrected chi connectivity index (χ2v) is 7.23. The topological polar surface area (TPSA) is 44.7 Å². The Kier molecular flexibility index (Phi) is 4.35.